The number of aromatic nitrogens is 4. The molecule has 0 saturated heterocycles. The molecule has 0 aliphatic heterocycles. The lowest BCUT2D eigenvalue weighted by Crippen LogP contribution is -2.33. The number of ether oxygens (including phenoxy) is 1. The third-order valence-corrected chi connectivity index (χ3v) is 9.39. The van der Waals surface area contributed by atoms with Crippen LogP contribution >= 0.6 is 0 Å². The van der Waals surface area contributed by atoms with Crippen molar-refractivity contribution < 1.29 is 23.0 Å². The highest BCUT2D eigenvalue weighted by Gasteiger charge is 2.21. The molecule has 11 heteroatoms. The number of H-pyrrole nitrogens is 1. The Kier molecular flexibility index (Phi) is 13.3. The quantitative estimate of drug-likeness (QED) is 0.0703. The highest BCUT2D eigenvalue weighted by atomic mass is 32.2. The number of benzene rings is 3. The van der Waals surface area contributed by atoms with Gasteiger partial charge in [0.05, 0.1) is 4.90 Å². The van der Waals surface area contributed by atoms with Gasteiger partial charge in [0.1, 0.15) is 17.2 Å². The van der Waals surface area contributed by atoms with Crippen LogP contribution in [0.3, 0.4) is 0 Å². The van der Waals surface area contributed by atoms with Gasteiger partial charge in [-0.3, -0.25) is 9.89 Å². The van der Waals surface area contributed by atoms with Crippen molar-refractivity contribution in [2.24, 2.45) is 0 Å². The molecule has 0 bridgehead atoms. The molecule has 0 radical (unpaired) electrons. The van der Waals surface area contributed by atoms with Crippen LogP contribution in [-0.2, 0) is 28.7 Å². The van der Waals surface area contributed by atoms with Crippen LogP contribution < -0.4 is 14.2 Å². The molecule has 1 amide bonds. The van der Waals surface area contributed by atoms with Gasteiger partial charge in [-0.05, 0) is 98.8 Å². The summed E-state index contributed by atoms with van der Waals surface area (Å²) in [6.45, 7) is 4.23. The Morgan fingerprint density at radius 1 is 0.857 bits per heavy atom. The van der Waals surface area contributed by atoms with Gasteiger partial charge in [0.15, 0.2) is 17.6 Å². The van der Waals surface area contributed by atoms with Gasteiger partial charge in [-0.1, -0.05) is 64.0 Å². The minimum atomic E-state index is -1.75. The molecule has 0 saturated carbocycles. The molecule has 2 heterocycles. The van der Waals surface area contributed by atoms with Crippen molar-refractivity contribution in [3.05, 3.63) is 95.9 Å². The number of hydrogen-bond donors (Lipinski definition) is 3. The summed E-state index contributed by atoms with van der Waals surface area (Å²) < 4.78 is 26.4. The highest BCUT2D eigenvalue weighted by Crippen LogP contribution is 2.23. The lowest BCUT2D eigenvalue weighted by molar-refractivity contribution is -0.123. The number of carbonyl (C=O) groups excluding carboxylic acids is 1. The third-order valence-electron chi connectivity index (χ3n) is 8.39. The van der Waals surface area contributed by atoms with Crippen LogP contribution in [0.1, 0.15) is 88.2 Å². The monoisotopic (exact) mass is 685 g/mol. The van der Waals surface area contributed by atoms with Crippen molar-refractivity contribution in [1.82, 2.24) is 19.8 Å². The molecule has 2 aromatic heterocycles. The SMILES string of the molecule is CCCCCCCCCCC(Oc1ccc(S(=O)Oc2ccc(O)cc2)cc1)C(=O)Nc1ccc(CCCc2nnc3cc(C)[nH]n23)cc1. The number of aromatic amines is 1. The maximum absolute atomic E-state index is 13.5. The molecule has 49 heavy (non-hydrogen) atoms. The van der Waals surface area contributed by atoms with Crippen LogP contribution in [0.2, 0.25) is 0 Å². The van der Waals surface area contributed by atoms with Crippen LogP contribution in [0, 0.1) is 6.92 Å². The van der Waals surface area contributed by atoms with Crippen LogP contribution in [0.4, 0.5) is 5.69 Å². The van der Waals surface area contributed by atoms with Crippen molar-refractivity contribution in [2.45, 2.75) is 102 Å². The molecule has 0 aliphatic rings. The molecule has 2 atom stereocenters. The smallest absolute Gasteiger partial charge is 0.265 e. The summed E-state index contributed by atoms with van der Waals surface area (Å²) in [6, 6.07) is 22.7. The van der Waals surface area contributed by atoms with E-state index in [1.54, 1.807) is 36.4 Å². The van der Waals surface area contributed by atoms with E-state index in [0.29, 0.717) is 22.8 Å². The van der Waals surface area contributed by atoms with E-state index >= 15 is 0 Å². The largest absolute Gasteiger partial charge is 0.508 e. The zero-order valence-corrected chi connectivity index (χ0v) is 29.2. The van der Waals surface area contributed by atoms with Gasteiger partial charge in [0.2, 0.25) is 11.1 Å². The molecule has 0 spiro atoms. The van der Waals surface area contributed by atoms with Gasteiger partial charge in [-0.2, -0.15) is 0 Å². The predicted octanol–water partition coefficient (Wildman–Crippen LogP) is 8.27. The Labute approximate surface area is 290 Å². The second kappa shape index (κ2) is 18.2. The number of phenols is 1. The minimum absolute atomic E-state index is 0.103. The topological polar surface area (TPSA) is 131 Å². The Bertz CT molecular complexity index is 1770. The predicted molar refractivity (Wildman–Crippen MR) is 192 cm³/mol. The Balaban J connectivity index is 1.14. The second-order valence-electron chi connectivity index (χ2n) is 12.4. The molecule has 3 aromatic carbocycles. The van der Waals surface area contributed by atoms with E-state index in [4.69, 9.17) is 8.92 Å². The van der Waals surface area contributed by atoms with E-state index in [9.17, 15) is 14.1 Å². The summed E-state index contributed by atoms with van der Waals surface area (Å²) in [5, 5.41) is 24.3. The van der Waals surface area contributed by atoms with E-state index in [1.807, 2.05) is 41.8 Å². The normalized spacial score (nSPS) is 12.5. The summed E-state index contributed by atoms with van der Waals surface area (Å²) in [4.78, 5) is 14.0. The number of carbonyl (C=O) groups is 1. The average molecular weight is 686 g/mol. The number of fused-ring (bicyclic) bond motifs is 1. The van der Waals surface area contributed by atoms with Crippen LogP contribution in [0.25, 0.3) is 5.65 Å². The molecule has 5 aromatic rings. The number of aryl methyl sites for hydroxylation is 3. The van der Waals surface area contributed by atoms with Crippen molar-refractivity contribution in [3.8, 4) is 17.2 Å². The average Bonchev–Trinajstić information content (AvgIpc) is 3.66. The molecule has 0 aliphatic carbocycles. The standard InChI is InChI=1S/C38H47N5O5S/c1-3-4-5-6-7-8-9-10-13-35(47-32-23-25-34(26-24-32)49(46)48-33-21-19-31(44)20-22-33)38(45)39-30-17-15-29(16-18-30)12-11-14-36-40-41-37-27-28(2)42-43(36)37/h15-27,35,42,44H,3-14H2,1-2H3,(H,39,45). The van der Waals surface area contributed by atoms with Gasteiger partial charge >= 0.3 is 0 Å². The van der Waals surface area contributed by atoms with Crippen LogP contribution in [-0.4, -0.2) is 41.1 Å². The van der Waals surface area contributed by atoms with Gasteiger partial charge in [0, 0.05) is 23.9 Å². The number of aromatic hydroxyl groups is 1. The number of nitrogens with one attached hydrogen (secondary N) is 2. The zero-order chi connectivity index (χ0) is 34.4. The summed E-state index contributed by atoms with van der Waals surface area (Å²) in [6.07, 6.45) is 11.9. The maximum Gasteiger partial charge on any atom is 0.265 e. The number of amides is 1. The first-order valence-electron chi connectivity index (χ1n) is 17.3. The Morgan fingerprint density at radius 3 is 2.24 bits per heavy atom. The van der Waals surface area contributed by atoms with Crippen LogP contribution in [0.15, 0.2) is 83.8 Å². The number of phenolic OH excluding ortho intramolecular Hbond substituents is 1. The van der Waals surface area contributed by atoms with Crippen LogP contribution in [0.5, 0.6) is 17.2 Å². The van der Waals surface area contributed by atoms with Gasteiger partial charge in [-0.15, -0.1) is 10.2 Å². The number of rotatable bonds is 20. The summed E-state index contributed by atoms with van der Waals surface area (Å²) in [5.41, 5.74) is 3.79. The van der Waals surface area contributed by atoms with Crippen molar-refractivity contribution in [2.75, 3.05) is 5.32 Å². The molecular weight excluding hydrogens is 639 g/mol. The van der Waals surface area contributed by atoms with Gasteiger partial charge in [-0.25, -0.2) is 8.72 Å². The van der Waals surface area contributed by atoms with Crippen molar-refractivity contribution >= 4 is 28.3 Å². The summed E-state index contributed by atoms with van der Waals surface area (Å²) >= 11 is -1.75. The number of nitrogens with zero attached hydrogens (tertiary/aromatic N) is 3. The zero-order valence-electron chi connectivity index (χ0n) is 28.4. The second-order valence-corrected chi connectivity index (χ2v) is 13.5. The number of unbranched alkanes of at least 4 members (excludes halogenated alkanes) is 7. The molecule has 3 N–H and O–H groups in total. The van der Waals surface area contributed by atoms with Crippen molar-refractivity contribution in [1.29, 1.82) is 0 Å². The molecule has 260 valence electrons. The van der Waals surface area contributed by atoms with Crippen molar-refractivity contribution in [3.63, 3.8) is 0 Å². The molecule has 5 rings (SSSR count). The van der Waals surface area contributed by atoms with Gasteiger partial charge in [0.25, 0.3) is 5.91 Å². The third kappa shape index (κ3) is 10.9. The molecule has 0 fully saturated rings. The van der Waals surface area contributed by atoms with E-state index in [1.165, 1.54) is 49.8 Å². The Morgan fingerprint density at radius 2 is 1.53 bits per heavy atom. The van der Waals surface area contributed by atoms with E-state index in [0.717, 1.165) is 61.4 Å². The van der Waals surface area contributed by atoms with E-state index < -0.39 is 17.2 Å². The molecule has 2 unspecified atom stereocenters. The van der Waals surface area contributed by atoms with Gasteiger partial charge < -0.3 is 19.3 Å². The number of anilines is 1. The van der Waals surface area contributed by atoms with E-state index in [2.05, 4.69) is 27.5 Å². The molecular formula is C38H47N5O5S. The summed E-state index contributed by atoms with van der Waals surface area (Å²) in [7, 11) is 0. The van der Waals surface area contributed by atoms with E-state index in [-0.39, 0.29) is 11.7 Å². The fourth-order valence-corrected chi connectivity index (χ4v) is 6.42. The Hall–Kier alpha value is -4.64. The first-order valence-corrected chi connectivity index (χ1v) is 18.4. The highest BCUT2D eigenvalue weighted by molar-refractivity contribution is 7.80. The maximum atomic E-state index is 13.5. The molecule has 10 nitrogen and oxygen atoms in total. The first-order chi connectivity index (χ1) is 23.9. The fourth-order valence-electron chi connectivity index (χ4n) is 5.68. The lowest BCUT2D eigenvalue weighted by Gasteiger charge is -2.19. The lowest BCUT2D eigenvalue weighted by atomic mass is 10.0. The minimum Gasteiger partial charge on any atom is -0.508 e. The summed E-state index contributed by atoms with van der Waals surface area (Å²) in [5.74, 6) is 1.72. The fraction of sp³-hybridized carbons (Fsp3) is 0.395. The first kappa shape index (κ1) is 35.7. The number of hydrogen-bond acceptors (Lipinski definition) is 7.